The van der Waals surface area contributed by atoms with Crippen LogP contribution in [-0.4, -0.2) is 24.0 Å². The number of halogens is 1. The van der Waals surface area contributed by atoms with E-state index in [1.165, 1.54) is 12.1 Å². The fourth-order valence-corrected chi connectivity index (χ4v) is 3.48. The molecule has 1 amide bonds. The topological polar surface area (TPSA) is 55.4 Å². The molecule has 4 nitrogen and oxygen atoms in total. The van der Waals surface area contributed by atoms with E-state index in [0.29, 0.717) is 5.56 Å². The standard InChI is InChI=1S/C21H22FNO3/c1-4-26-20(25)21(11-15-8-9-17(22)10-16(15)12-21)23-19(24)18-7-5-6-13(2)14(18)3/h5-10H,4,11-12H2,1-3H3,(H,23,24). The normalized spacial score (nSPS) is 18.3. The maximum absolute atomic E-state index is 13.6. The smallest absolute Gasteiger partial charge is 0.332 e. The van der Waals surface area contributed by atoms with Crippen LogP contribution in [0.1, 0.15) is 39.5 Å². The Morgan fingerprint density at radius 3 is 2.62 bits per heavy atom. The van der Waals surface area contributed by atoms with Crippen molar-refractivity contribution in [3.8, 4) is 0 Å². The molecule has 0 saturated heterocycles. The van der Waals surface area contributed by atoms with Crippen molar-refractivity contribution in [2.75, 3.05) is 6.61 Å². The fraction of sp³-hybridized carbons (Fsp3) is 0.333. The monoisotopic (exact) mass is 355 g/mol. The predicted octanol–water partition coefficient (Wildman–Crippen LogP) is 3.27. The van der Waals surface area contributed by atoms with Crippen LogP contribution in [0.2, 0.25) is 0 Å². The van der Waals surface area contributed by atoms with E-state index in [1.807, 2.05) is 26.0 Å². The van der Waals surface area contributed by atoms with Gasteiger partial charge in [-0.2, -0.15) is 0 Å². The molecule has 0 bridgehead atoms. The van der Waals surface area contributed by atoms with Crippen molar-refractivity contribution >= 4 is 11.9 Å². The van der Waals surface area contributed by atoms with Crippen LogP contribution in [0.15, 0.2) is 36.4 Å². The summed E-state index contributed by atoms with van der Waals surface area (Å²) in [6, 6.07) is 9.93. The van der Waals surface area contributed by atoms with Gasteiger partial charge in [0.15, 0.2) is 0 Å². The van der Waals surface area contributed by atoms with Gasteiger partial charge in [-0.1, -0.05) is 18.2 Å². The number of fused-ring (bicyclic) bond motifs is 1. The quantitative estimate of drug-likeness (QED) is 0.857. The number of esters is 1. The van der Waals surface area contributed by atoms with Gasteiger partial charge in [0.2, 0.25) is 0 Å². The second kappa shape index (κ2) is 6.90. The summed E-state index contributed by atoms with van der Waals surface area (Å²) in [5.41, 5.74) is 2.75. The number of benzene rings is 2. The van der Waals surface area contributed by atoms with Gasteiger partial charge in [-0.25, -0.2) is 9.18 Å². The number of aryl methyl sites for hydroxylation is 1. The van der Waals surface area contributed by atoms with E-state index in [2.05, 4.69) is 5.32 Å². The Morgan fingerprint density at radius 2 is 1.88 bits per heavy atom. The number of nitrogens with one attached hydrogen (secondary N) is 1. The zero-order valence-electron chi connectivity index (χ0n) is 15.2. The van der Waals surface area contributed by atoms with Crippen molar-refractivity contribution < 1.29 is 18.7 Å². The van der Waals surface area contributed by atoms with Crippen molar-refractivity contribution in [2.24, 2.45) is 0 Å². The van der Waals surface area contributed by atoms with Crippen LogP contribution in [0.5, 0.6) is 0 Å². The van der Waals surface area contributed by atoms with E-state index in [9.17, 15) is 14.0 Å². The number of rotatable bonds is 4. The maximum Gasteiger partial charge on any atom is 0.332 e. The first-order valence-corrected chi connectivity index (χ1v) is 8.69. The number of hydrogen-bond donors (Lipinski definition) is 1. The summed E-state index contributed by atoms with van der Waals surface area (Å²) in [5, 5.41) is 2.89. The third kappa shape index (κ3) is 3.21. The lowest BCUT2D eigenvalue weighted by molar-refractivity contribution is -0.150. The first kappa shape index (κ1) is 18.1. The van der Waals surface area contributed by atoms with Gasteiger partial charge in [0.1, 0.15) is 11.4 Å². The highest BCUT2D eigenvalue weighted by atomic mass is 19.1. The summed E-state index contributed by atoms with van der Waals surface area (Å²) in [7, 11) is 0. The number of ether oxygens (including phenoxy) is 1. The first-order valence-electron chi connectivity index (χ1n) is 8.69. The van der Waals surface area contributed by atoms with Crippen molar-refractivity contribution in [3.05, 3.63) is 70.0 Å². The largest absolute Gasteiger partial charge is 0.464 e. The Bertz CT molecular complexity index is 878. The number of carbonyl (C=O) groups is 2. The molecule has 1 unspecified atom stereocenters. The molecule has 3 rings (SSSR count). The van der Waals surface area contributed by atoms with E-state index in [-0.39, 0.29) is 31.2 Å². The molecule has 1 aliphatic carbocycles. The van der Waals surface area contributed by atoms with Gasteiger partial charge < -0.3 is 10.1 Å². The van der Waals surface area contributed by atoms with Crippen LogP contribution in [0, 0.1) is 19.7 Å². The van der Waals surface area contributed by atoms with Gasteiger partial charge in [-0.3, -0.25) is 4.79 Å². The van der Waals surface area contributed by atoms with E-state index in [1.54, 1.807) is 19.1 Å². The summed E-state index contributed by atoms with van der Waals surface area (Å²) >= 11 is 0. The summed E-state index contributed by atoms with van der Waals surface area (Å²) in [6.07, 6.45) is 0.508. The minimum absolute atomic E-state index is 0.213. The minimum atomic E-state index is -1.21. The Hall–Kier alpha value is -2.69. The Kier molecular flexibility index (Phi) is 4.81. The van der Waals surface area contributed by atoms with Gasteiger partial charge in [-0.05, 0) is 61.2 Å². The minimum Gasteiger partial charge on any atom is -0.464 e. The molecular weight excluding hydrogens is 333 g/mol. The Morgan fingerprint density at radius 1 is 1.15 bits per heavy atom. The fourth-order valence-electron chi connectivity index (χ4n) is 3.48. The summed E-state index contributed by atoms with van der Waals surface area (Å²) in [6.45, 7) is 5.74. The molecule has 0 heterocycles. The molecule has 0 aromatic heterocycles. The molecule has 5 heteroatoms. The van der Waals surface area contributed by atoms with Crippen LogP contribution < -0.4 is 5.32 Å². The van der Waals surface area contributed by atoms with Crippen LogP contribution in [0.25, 0.3) is 0 Å². The molecule has 2 aromatic rings. The number of hydrogen-bond acceptors (Lipinski definition) is 3. The molecule has 1 atom stereocenters. The van der Waals surface area contributed by atoms with E-state index >= 15 is 0 Å². The maximum atomic E-state index is 13.6. The van der Waals surface area contributed by atoms with Gasteiger partial charge in [0.05, 0.1) is 6.61 Å². The highest BCUT2D eigenvalue weighted by Gasteiger charge is 2.46. The van der Waals surface area contributed by atoms with Crippen LogP contribution >= 0.6 is 0 Å². The molecule has 1 aliphatic rings. The van der Waals surface area contributed by atoms with Crippen molar-refractivity contribution in [1.29, 1.82) is 0 Å². The van der Waals surface area contributed by atoms with Crippen LogP contribution in [-0.2, 0) is 22.4 Å². The van der Waals surface area contributed by atoms with Crippen molar-refractivity contribution in [1.82, 2.24) is 5.32 Å². The Labute approximate surface area is 152 Å². The third-order valence-corrected chi connectivity index (χ3v) is 5.02. The highest BCUT2D eigenvalue weighted by molar-refractivity contribution is 6.00. The first-order chi connectivity index (χ1) is 12.4. The predicted molar refractivity (Wildman–Crippen MR) is 96.6 cm³/mol. The van der Waals surface area contributed by atoms with Crippen molar-refractivity contribution in [2.45, 2.75) is 39.2 Å². The van der Waals surface area contributed by atoms with Gasteiger partial charge in [0, 0.05) is 18.4 Å². The molecule has 26 heavy (non-hydrogen) atoms. The zero-order valence-corrected chi connectivity index (χ0v) is 15.2. The van der Waals surface area contributed by atoms with E-state index in [0.717, 1.165) is 22.3 Å². The molecular formula is C21H22FNO3. The molecule has 136 valence electrons. The molecule has 0 aliphatic heterocycles. The Balaban J connectivity index is 1.95. The molecule has 0 radical (unpaired) electrons. The zero-order chi connectivity index (χ0) is 18.9. The average Bonchev–Trinajstić information content (AvgIpc) is 2.96. The lowest BCUT2D eigenvalue weighted by Gasteiger charge is -2.28. The van der Waals surface area contributed by atoms with E-state index < -0.39 is 11.5 Å². The van der Waals surface area contributed by atoms with Gasteiger partial charge in [0.25, 0.3) is 5.91 Å². The van der Waals surface area contributed by atoms with Crippen molar-refractivity contribution in [3.63, 3.8) is 0 Å². The number of amides is 1. The van der Waals surface area contributed by atoms with E-state index in [4.69, 9.17) is 4.74 Å². The molecule has 0 fully saturated rings. The lowest BCUT2D eigenvalue weighted by atomic mass is 9.94. The summed E-state index contributed by atoms with van der Waals surface area (Å²) < 4.78 is 18.8. The lowest BCUT2D eigenvalue weighted by Crippen LogP contribution is -2.56. The second-order valence-electron chi connectivity index (χ2n) is 6.77. The van der Waals surface area contributed by atoms with Gasteiger partial charge >= 0.3 is 5.97 Å². The molecule has 2 aromatic carbocycles. The SMILES string of the molecule is CCOC(=O)C1(NC(=O)c2cccc(C)c2C)Cc2ccc(F)cc2C1. The number of carbonyl (C=O) groups excluding carboxylic acids is 2. The van der Waals surface area contributed by atoms with Crippen LogP contribution in [0.3, 0.4) is 0 Å². The average molecular weight is 355 g/mol. The third-order valence-electron chi connectivity index (χ3n) is 5.02. The molecule has 0 saturated carbocycles. The summed E-state index contributed by atoms with van der Waals surface area (Å²) in [4.78, 5) is 25.6. The van der Waals surface area contributed by atoms with Gasteiger partial charge in [-0.15, -0.1) is 0 Å². The molecule has 1 N–H and O–H groups in total. The summed E-state index contributed by atoms with van der Waals surface area (Å²) in [5.74, 6) is -1.17. The molecule has 0 spiro atoms. The highest BCUT2D eigenvalue weighted by Crippen LogP contribution is 2.32. The van der Waals surface area contributed by atoms with Crippen LogP contribution in [0.4, 0.5) is 4.39 Å². The second-order valence-corrected chi connectivity index (χ2v) is 6.77.